The van der Waals surface area contributed by atoms with Crippen LogP contribution in [0.3, 0.4) is 0 Å². The fraction of sp³-hybridized carbons (Fsp3) is 0.571. The van der Waals surface area contributed by atoms with Gasteiger partial charge in [-0.3, -0.25) is 9.58 Å². The Bertz CT molecular complexity index is 1020. The van der Waals surface area contributed by atoms with E-state index in [9.17, 15) is 12.8 Å². The van der Waals surface area contributed by atoms with Gasteiger partial charge in [-0.25, -0.2) is 12.8 Å². The Morgan fingerprint density at radius 3 is 2.27 bits per heavy atom. The number of piperazine rings is 1. The number of methoxy groups -OCH3 is 1. The Balaban J connectivity index is 1.72. The molecule has 1 aromatic heterocycles. The lowest BCUT2D eigenvalue weighted by molar-refractivity contribution is 0.181. The van der Waals surface area contributed by atoms with E-state index in [1.807, 2.05) is 33.8 Å². The van der Waals surface area contributed by atoms with E-state index in [0.717, 1.165) is 5.56 Å². The zero-order valence-corrected chi connectivity index (χ0v) is 19.4. The smallest absolute Gasteiger partial charge is 0.246 e. The van der Waals surface area contributed by atoms with Gasteiger partial charge in [0.05, 0.1) is 24.0 Å². The molecule has 0 bridgehead atoms. The summed E-state index contributed by atoms with van der Waals surface area (Å²) < 4.78 is 48.9. The van der Waals surface area contributed by atoms with Crippen molar-refractivity contribution in [3.05, 3.63) is 41.0 Å². The Kier molecular flexibility index (Phi) is 6.27. The molecule has 0 aliphatic carbocycles. The Labute approximate surface area is 178 Å². The number of rotatable bonds is 5. The summed E-state index contributed by atoms with van der Waals surface area (Å²) in [6, 6.07) is 4.91. The quantitative estimate of drug-likeness (QED) is 0.718. The number of benzene rings is 1. The van der Waals surface area contributed by atoms with Gasteiger partial charge in [0.2, 0.25) is 10.0 Å². The van der Waals surface area contributed by atoms with Gasteiger partial charge < -0.3 is 4.74 Å². The molecule has 0 N–H and O–H groups in total. The maximum absolute atomic E-state index is 13.9. The molecule has 1 aliphatic heterocycles. The van der Waals surface area contributed by atoms with Crippen LogP contribution in [0.5, 0.6) is 5.75 Å². The molecule has 0 saturated carbocycles. The maximum atomic E-state index is 13.9. The molecule has 166 valence electrons. The summed E-state index contributed by atoms with van der Waals surface area (Å²) in [5.74, 6) is -0.172. The van der Waals surface area contributed by atoms with Crippen LogP contribution in [0, 0.1) is 19.7 Å². The third-order valence-corrected chi connectivity index (χ3v) is 7.56. The Morgan fingerprint density at radius 1 is 1.13 bits per heavy atom. The minimum absolute atomic E-state index is 0.219. The number of hydrogen-bond acceptors (Lipinski definition) is 5. The molecule has 0 atom stereocenters. The second-order valence-electron chi connectivity index (χ2n) is 8.73. The summed E-state index contributed by atoms with van der Waals surface area (Å²) in [5, 5.41) is 4.49. The van der Waals surface area contributed by atoms with Crippen LogP contribution in [-0.4, -0.2) is 60.7 Å². The molecule has 3 rings (SSSR count). The van der Waals surface area contributed by atoms with Crippen molar-refractivity contribution in [2.75, 3.05) is 33.3 Å². The van der Waals surface area contributed by atoms with Crippen LogP contribution < -0.4 is 4.74 Å². The van der Waals surface area contributed by atoms with Crippen molar-refractivity contribution in [2.24, 2.45) is 0 Å². The Hall–Kier alpha value is -1.97. The molecule has 30 heavy (non-hydrogen) atoms. The van der Waals surface area contributed by atoms with E-state index in [-0.39, 0.29) is 11.3 Å². The van der Waals surface area contributed by atoms with Gasteiger partial charge in [-0.15, -0.1) is 0 Å². The predicted octanol–water partition coefficient (Wildman–Crippen LogP) is 2.91. The molecule has 0 unspecified atom stereocenters. The van der Waals surface area contributed by atoms with Crippen LogP contribution >= 0.6 is 0 Å². The van der Waals surface area contributed by atoms with Crippen molar-refractivity contribution in [1.29, 1.82) is 0 Å². The molecule has 1 aromatic carbocycles. The zero-order chi connectivity index (χ0) is 22.3. The molecule has 2 heterocycles. The van der Waals surface area contributed by atoms with E-state index in [1.165, 1.54) is 17.5 Å². The first-order valence-corrected chi connectivity index (χ1v) is 11.5. The molecule has 9 heteroatoms. The molecule has 0 spiro atoms. The summed E-state index contributed by atoms with van der Waals surface area (Å²) in [4.78, 5) is 2.44. The highest BCUT2D eigenvalue weighted by Crippen LogP contribution is 2.28. The molecule has 1 saturated heterocycles. The second-order valence-corrected chi connectivity index (χ2v) is 10.6. The number of ether oxygens (including phenoxy) is 1. The van der Waals surface area contributed by atoms with Gasteiger partial charge in [-0.2, -0.15) is 9.40 Å². The third kappa shape index (κ3) is 4.38. The average molecular weight is 439 g/mol. The van der Waals surface area contributed by atoms with Crippen LogP contribution in [0.25, 0.3) is 0 Å². The van der Waals surface area contributed by atoms with Crippen LogP contribution in [0.15, 0.2) is 23.1 Å². The molecule has 2 aromatic rings. The Morgan fingerprint density at radius 2 is 1.77 bits per heavy atom. The average Bonchev–Trinajstić information content (AvgIpc) is 2.97. The fourth-order valence-electron chi connectivity index (χ4n) is 3.98. The third-order valence-electron chi connectivity index (χ3n) is 5.41. The summed E-state index contributed by atoms with van der Waals surface area (Å²) >= 11 is 0. The van der Waals surface area contributed by atoms with Gasteiger partial charge in [-0.05, 0) is 52.3 Å². The van der Waals surface area contributed by atoms with Gasteiger partial charge in [-0.1, -0.05) is 6.07 Å². The van der Waals surface area contributed by atoms with Gasteiger partial charge in [0, 0.05) is 32.7 Å². The SMILES string of the molecule is COc1ccc(CN2CCN(S(=O)(=O)c3c(C)nn(C(C)(C)C)c3C)CC2)cc1F. The molecule has 1 aliphatic rings. The van der Waals surface area contributed by atoms with Crippen molar-refractivity contribution in [2.45, 2.75) is 51.6 Å². The highest BCUT2D eigenvalue weighted by atomic mass is 32.2. The van der Waals surface area contributed by atoms with E-state index in [4.69, 9.17) is 4.74 Å². The van der Waals surface area contributed by atoms with Crippen LogP contribution in [0.2, 0.25) is 0 Å². The number of sulfonamides is 1. The number of halogens is 1. The highest BCUT2D eigenvalue weighted by molar-refractivity contribution is 7.89. The van der Waals surface area contributed by atoms with Crippen molar-refractivity contribution in [3.8, 4) is 5.75 Å². The number of nitrogens with zero attached hydrogens (tertiary/aromatic N) is 4. The van der Waals surface area contributed by atoms with Crippen LogP contribution in [0.1, 0.15) is 37.7 Å². The molecular formula is C21H31FN4O3S. The monoisotopic (exact) mass is 438 g/mol. The summed E-state index contributed by atoms with van der Waals surface area (Å²) in [7, 11) is -2.19. The first-order valence-electron chi connectivity index (χ1n) is 10.1. The van der Waals surface area contributed by atoms with E-state index in [1.54, 1.807) is 17.7 Å². The first kappa shape index (κ1) is 22.7. The highest BCUT2D eigenvalue weighted by Gasteiger charge is 2.34. The molecule has 1 fully saturated rings. The summed E-state index contributed by atoms with van der Waals surface area (Å²) in [5.41, 5.74) is 1.73. The normalized spacial score (nSPS) is 16.8. The van der Waals surface area contributed by atoms with Crippen molar-refractivity contribution < 1.29 is 17.5 Å². The molecule has 0 radical (unpaired) electrons. The first-order chi connectivity index (χ1) is 13.9. The second kappa shape index (κ2) is 8.28. The fourth-order valence-corrected chi connectivity index (χ4v) is 5.75. The summed E-state index contributed by atoms with van der Waals surface area (Å²) in [6.45, 7) is 12.1. The lowest BCUT2D eigenvalue weighted by Gasteiger charge is -2.34. The van der Waals surface area contributed by atoms with Gasteiger partial charge in [0.1, 0.15) is 4.90 Å². The molecular weight excluding hydrogens is 407 g/mol. The number of aromatic nitrogens is 2. The minimum atomic E-state index is -3.63. The van der Waals surface area contributed by atoms with Crippen molar-refractivity contribution in [1.82, 2.24) is 19.0 Å². The molecule has 0 amide bonds. The number of aryl methyl sites for hydroxylation is 1. The van der Waals surface area contributed by atoms with Crippen LogP contribution in [0.4, 0.5) is 4.39 Å². The van der Waals surface area contributed by atoms with Gasteiger partial charge in [0.15, 0.2) is 11.6 Å². The largest absolute Gasteiger partial charge is 0.494 e. The van der Waals surface area contributed by atoms with E-state index in [0.29, 0.717) is 49.0 Å². The summed E-state index contributed by atoms with van der Waals surface area (Å²) in [6.07, 6.45) is 0. The van der Waals surface area contributed by atoms with Gasteiger partial charge in [0.25, 0.3) is 0 Å². The lowest BCUT2D eigenvalue weighted by Crippen LogP contribution is -2.48. The van der Waals surface area contributed by atoms with Crippen molar-refractivity contribution >= 4 is 10.0 Å². The zero-order valence-electron chi connectivity index (χ0n) is 18.6. The maximum Gasteiger partial charge on any atom is 0.246 e. The van der Waals surface area contributed by atoms with Crippen molar-refractivity contribution in [3.63, 3.8) is 0 Å². The predicted molar refractivity (Wildman–Crippen MR) is 114 cm³/mol. The number of hydrogen-bond donors (Lipinski definition) is 0. The lowest BCUT2D eigenvalue weighted by atomic mass is 10.1. The minimum Gasteiger partial charge on any atom is -0.494 e. The van der Waals surface area contributed by atoms with E-state index >= 15 is 0 Å². The van der Waals surface area contributed by atoms with Crippen LogP contribution in [-0.2, 0) is 22.1 Å². The topological polar surface area (TPSA) is 67.7 Å². The van der Waals surface area contributed by atoms with E-state index < -0.39 is 15.8 Å². The molecule has 7 nitrogen and oxygen atoms in total. The van der Waals surface area contributed by atoms with Gasteiger partial charge >= 0.3 is 0 Å². The van der Waals surface area contributed by atoms with E-state index in [2.05, 4.69) is 10.00 Å². The standard InChI is InChI=1S/C21H31FN4O3S/c1-15-20(16(2)26(23-15)21(3,4)5)30(27,28)25-11-9-24(10-12-25)14-17-7-8-19(29-6)18(22)13-17/h7-8,13H,9-12,14H2,1-6H3.